The van der Waals surface area contributed by atoms with Crippen LogP contribution >= 0.6 is 11.8 Å². The summed E-state index contributed by atoms with van der Waals surface area (Å²) in [6.07, 6.45) is 1.16. The first kappa shape index (κ1) is 12.1. The van der Waals surface area contributed by atoms with Gasteiger partial charge in [-0.25, -0.2) is 4.79 Å². The van der Waals surface area contributed by atoms with Crippen LogP contribution in [0.5, 0.6) is 0 Å². The van der Waals surface area contributed by atoms with E-state index in [0.717, 1.165) is 17.9 Å². The SMILES string of the molecule is COC(=O)c1ccc(NC2CCSC2)c(N)c1. The molecule has 1 aromatic carbocycles. The van der Waals surface area contributed by atoms with Crippen molar-refractivity contribution in [3.05, 3.63) is 23.8 Å². The molecule has 0 aromatic heterocycles. The molecule has 92 valence electrons. The van der Waals surface area contributed by atoms with Gasteiger partial charge in [0.1, 0.15) is 0 Å². The molecular weight excluding hydrogens is 236 g/mol. The molecule has 5 heteroatoms. The third kappa shape index (κ3) is 2.85. The molecule has 0 radical (unpaired) electrons. The van der Waals surface area contributed by atoms with E-state index < -0.39 is 0 Å². The number of benzene rings is 1. The van der Waals surface area contributed by atoms with Gasteiger partial charge in [-0.15, -0.1) is 0 Å². The van der Waals surface area contributed by atoms with Gasteiger partial charge in [-0.1, -0.05) is 0 Å². The number of carbonyl (C=O) groups is 1. The van der Waals surface area contributed by atoms with Gasteiger partial charge in [-0.05, 0) is 30.4 Å². The first-order valence-corrected chi connectivity index (χ1v) is 6.68. The average molecular weight is 252 g/mol. The molecule has 4 nitrogen and oxygen atoms in total. The smallest absolute Gasteiger partial charge is 0.337 e. The summed E-state index contributed by atoms with van der Waals surface area (Å²) in [6, 6.07) is 5.69. The fraction of sp³-hybridized carbons (Fsp3) is 0.417. The Morgan fingerprint density at radius 1 is 1.59 bits per heavy atom. The number of rotatable bonds is 3. The van der Waals surface area contributed by atoms with Crippen LogP contribution in [0.3, 0.4) is 0 Å². The molecule has 1 aromatic rings. The number of nitrogens with two attached hydrogens (primary N) is 1. The van der Waals surface area contributed by atoms with Crippen molar-refractivity contribution in [2.24, 2.45) is 0 Å². The van der Waals surface area contributed by atoms with Crippen molar-refractivity contribution < 1.29 is 9.53 Å². The first-order valence-electron chi connectivity index (χ1n) is 5.53. The number of esters is 1. The zero-order valence-electron chi connectivity index (χ0n) is 9.73. The third-order valence-corrected chi connectivity index (χ3v) is 3.92. The highest BCUT2D eigenvalue weighted by Crippen LogP contribution is 2.25. The van der Waals surface area contributed by atoms with Crippen LogP contribution in [0.4, 0.5) is 11.4 Å². The van der Waals surface area contributed by atoms with Gasteiger partial charge in [0, 0.05) is 11.8 Å². The number of ether oxygens (including phenoxy) is 1. The van der Waals surface area contributed by atoms with Crippen molar-refractivity contribution in [1.29, 1.82) is 0 Å². The first-order chi connectivity index (χ1) is 8.20. The second kappa shape index (κ2) is 5.31. The highest BCUT2D eigenvalue weighted by molar-refractivity contribution is 7.99. The number of hydrogen-bond acceptors (Lipinski definition) is 5. The minimum atomic E-state index is -0.361. The molecule has 1 aliphatic heterocycles. The number of carbonyl (C=O) groups excluding carboxylic acids is 1. The Kier molecular flexibility index (Phi) is 3.78. The van der Waals surface area contributed by atoms with E-state index in [2.05, 4.69) is 10.1 Å². The van der Waals surface area contributed by atoms with E-state index in [1.54, 1.807) is 12.1 Å². The Morgan fingerprint density at radius 3 is 3.00 bits per heavy atom. The zero-order valence-corrected chi connectivity index (χ0v) is 10.5. The Labute approximate surface area is 105 Å². The highest BCUT2D eigenvalue weighted by atomic mass is 32.2. The van der Waals surface area contributed by atoms with Crippen LogP contribution in [0.2, 0.25) is 0 Å². The number of nitrogen functional groups attached to an aromatic ring is 1. The Morgan fingerprint density at radius 2 is 2.41 bits per heavy atom. The van der Waals surface area contributed by atoms with Crippen LogP contribution in [-0.4, -0.2) is 30.6 Å². The molecule has 17 heavy (non-hydrogen) atoms. The van der Waals surface area contributed by atoms with Gasteiger partial charge >= 0.3 is 5.97 Å². The van der Waals surface area contributed by atoms with Gasteiger partial charge in [0.25, 0.3) is 0 Å². The van der Waals surface area contributed by atoms with E-state index in [9.17, 15) is 4.79 Å². The van der Waals surface area contributed by atoms with Crippen LogP contribution in [0.25, 0.3) is 0 Å². The second-order valence-electron chi connectivity index (χ2n) is 4.00. The van der Waals surface area contributed by atoms with Gasteiger partial charge in [0.05, 0.1) is 24.0 Å². The van der Waals surface area contributed by atoms with Crippen LogP contribution in [0, 0.1) is 0 Å². The molecule has 0 spiro atoms. The molecule has 1 unspecified atom stereocenters. The molecule has 1 atom stereocenters. The maximum Gasteiger partial charge on any atom is 0.337 e. The summed E-state index contributed by atoms with van der Waals surface area (Å²) in [5, 5.41) is 3.40. The minimum Gasteiger partial charge on any atom is -0.465 e. The normalized spacial score (nSPS) is 19.0. The average Bonchev–Trinajstić information content (AvgIpc) is 2.83. The summed E-state index contributed by atoms with van der Waals surface area (Å²) >= 11 is 1.94. The maximum absolute atomic E-state index is 11.3. The topological polar surface area (TPSA) is 64.3 Å². The number of anilines is 2. The van der Waals surface area contributed by atoms with Crippen molar-refractivity contribution in [3.8, 4) is 0 Å². The Balaban J connectivity index is 2.10. The summed E-state index contributed by atoms with van der Waals surface area (Å²) < 4.78 is 4.65. The van der Waals surface area contributed by atoms with E-state index in [4.69, 9.17) is 5.73 Å². The third-order valence-electron chi connectivity index (χ3n) is 2.76. The summed E-state index contributed by atoms with van der Waals surface area (Å²) in [5.41, 5.74) is 7.88. The van der Waals surface area contributed by atoms with E-state index in [-0.39, 0.29) is 5.97 Å². The molecule has 1 saturated heterocycles. The van der Waals surface area contributed by atoms with E-state index in [1.807, 2.05) is 17.8 Å². The Bertz CT molecular complexity index is 417. The van der Waals surface area contributed by atoms with Crippen molar-refractivity contribution in [2.45, 2.75) is 12.5 Å². The van der Waals surface area contributed by atoms with Crippen molar-refractivity contribution in [3.63, 3.8) is 0 Å². The van der Waals surface area contributed by atoms with Gasteiger partial charge in [-0.2, -0.15) is 11.8 Å². The predicted octanol–water partition coefficient (Wildman–Crippen LogP) is 1.97. The van der Waals surface area contributed by atoms with Crippen LogP contribution in [-0.2, 0) is 4.74 Å². The summed E-state index contributed by atoms with van der Waals surface area (Å²) in [5.74, 6) is 1.94. The van der Waals surface area contributed by atoms with E-state index in [0.29, 0.717) is 17.3 Å². The highest BCUT2D eigenvalue weighted by Gasteiger charge is 2.16. The second-order valence-corrected chi connectivity index (χ2v) is 5.15. The summed E-state index contributed by atoms with van der Waals surface area (Å²) in [7, 11) is 1.36. The minimum absolute atomic E-state index is 0.361. The van der Waals surface area contributed by atoms with Crippen LogP contribution < -0.4 is 11.1 Å². The van der Waals surface area contributed by atoms with E-state index in [1.165, 1.54) is 12.9 Å². The fourth-order valence-electron chi connectivity index (χ4n) is 1.81. The number of thioether (sulfide) groups is 1. The van der Waals surface area contributed by atoms with Crippen molar-refractivity contribution in [2.75, 3.05) is 29.7 Å². The quantitative estimate of drug-likeness (QED) is 0.636. The lowest BCUT2D eigenvalue weighted by Gasteiger charge is -2.15. The largest absolute Gasteiger partial charge is 0.465 e. The number of methoxy groups -OCH3 is 1. The molecular formula is C12H16N2O2S. The monoisotopic (exact) mass is 252 g/mol. The molecule has 0 saturated carbocycles. The van der Waals surface area contributed by atoms with Gasteiger partial charge in [0.2, 0.25) is 0 Å². The lowest BCUT2D eigenvalue weighted by molar-refractivity contribution is 0.0601. The van der Waals surface area contributed by atoms with Gasteiger partial charge in [0.15, 0.2) is 0 Å². The summed E-state index contributed by atoms with van der Waals surface area (Å²) in [4.78, 5) is 11.3. The molecule has 1 aliphatic rings. The molecule has 1 heterocycles. The standard InChI is InChI=1S/C12H16N2O2S/c1-16-12(15)8-2-3-11(10(13)6-8)14-9-4-5-17-7-9/h2-3,6,9,14H,4-5,7,13H2,1H3. The summed E-state index contributed by atoms with van der Waals surface area (Å²) in [6.45, 7) is 0. The lowest BCUT2D eigenvalue weighted by Crippen LogP contribution is -2.19. The lowest BCUT2D eigenvalue weighted by atomic mass is 10.1. The van der Waals surface area contributed by atoms with Crippen LogP contribution in [0.15, 0.2) is 18.2 Å². The fourth-order valence-corrected chi connectivity index (χ4v) is 2.96. The molecule has 1 fully saturated rings. The maximum atomic E-state index is 11.3. The Hall–Kier alpha value is -1.36. The zero-order chi connectivity index (χ0) is 12.3. The number of hydrogen-bond donors (Lipinski definition) is 2. The molecule has 0 amide bonds. The molecule has 3 N–H and O–H groups in total. The molecule has 0 aliphatic carbocycles. The van der Waals surface area contributed by atoms with Crippen LogP contribution in [0.1, 0.15) is 16.8 Å². The van der Waals surface area contributed by atoms with Crippen molar-refractivity contribution >= 4 is 29.1 Å². The predicted molar refractivity (Wildman–Crippen MR) is 71.5 cm³/mol. The molecule has 0 bridgehead atoms. The van der Waals surface area contributed by atoms with Crippen molar-refractivity contribution in [1.82, 2.24) is 0 Å². The van der Waals surface area contributed by atoms with Gasteiger partial charge < -0.3 is 15.8 Å². The molecule has 2 rings (SSSR count). The van der Waals surface area contributed by atoms with E-state index >= 15 is 0 Å². The number of nitrogens with one attached hydrogen (secondary N) is 1. The van der Waals surface area contributed by atoms with Gasteiger partial charge in [-0.3, -0.25) is 0 Å².